The summed E-state index contributed by atoms with van der Waals surface area (Å²) >= 11 is 0. The van der Waals surface area contributed by atoms with Gasteiger partial charge in [-0.1, -0.05) is 0 Å². The Kier molecular flexibility index (Phi) is 5.35. The smallest absolute Gasteiger partial charge is 0.132 e. The summed E-state index contributed by atoms with van der Waals surface area (Å²) in [7, 11) is 7.45. The molecule has 1 N–H and O–H groups in total. The van der Waals surface area contributed by atoms with E-state index in [0.717, 1.165) is 19.4 Å². The molecule has 0 bridgehead atoms. The fraction of sp³-hybridized carbons (Fsp3) is 0.857. The molecular formula is C14H26N2O5. The molecule has 2 aliphatic rings. The number of aliphatic hydroxyl groups excluding tert-OH is 1. The van der Waals surface area contributed by atoms with Crippen LogP contribution in [0.5, 0.6) is 0 Å². The average molecular weight is 302 g/mol. The van der Waals surface area contributed by atoms with Crippen molar-refractivity contribution < 1.29 is 33.9 Å². The maximum Gasteiger partial charge on any atom is 0.132 e. The third-order valence-electron chi connectivity index (χ3n) is 4.62. The maximum atomic E-state index is 10.5. The third kappa shape index (κ3) is 4.39. The van der Waals surface area contributed by atoms with Gasteiger partial charge in [0, 0.05) is 19.3 Å². The molecular weight excluding hydrogens is 276 g/mol. The van der Waals surface area contributed by atoms with Crippen molar-refractivity contribution in [3.63, 3.8) is 0 Å². The lowest BCUT2D eigenvalue weighted by molar-refractivity contribution is -0.896. The van der Waals surface area contributed by atoms with E-state index in [1.807, 2.05) is 14.1 Å². The standard InChI is InChI=1S/C7H13NO3.C7H13NO2/c1-8(2)4-5(9)3-6(8)7(10)11;1-8(2)5-3-4-6(8)7(9)10/h5-6,9H,3-4H2,1-2H3;6H,3-5H2,1-2H3/t5-,6+;6-/m10/s1. The Balaban J connectivity index is 0.000000211. The minimum Gasteiger partial charge on any atom is -0.544 e. The minimum atomic E-state index is -1.06. The van der Waals surface area contributed by atoms with E-state index in [0.29, 0.717) is 21.9 Å². The first kappa shape index (κ1) is 17.9. The fourth-order valence-corrected chi connectivity index (χ4v) is 3.27. The Bertz CT molecular complexity index is 408. The number of nitrogens with zero attached hydrogens (tertiary/aromatic N) is 2. The highest BCUT2D eigenvalue weighted by Crippen LogP contribution is 2.22. The number of likely N-dealkylation sites (N-methyl/N-ethyl adjacent to an activating group) is 2. The van der Waals surface area contributed by atoms with Gasteiger partial charge < -0.3 is 33.9 Å². The van der Waals surface area contributed by atoms with Crippen LogP contribution in [0.3, 0.4) is 0 Å². The lowest BCUT2D eigenvalue weighted by atomic mass is 10.2. The number of carbonyl (C=O) groups is 2. The van der Waals surface area contributed by atoms with Gasteiger partial charge in [-0.15, -0.1) is 0 Å². The largest absolute Gasteiger partial charge is 0.544 e. The summed E-state index contributed by atoms with van der Waals surface area (Å²) < 4.78 is 0.909. The van der Waals surface area contributed by atoms with Crippen molar-refractivity contribution in [3.05, 3.63) is 0 Å². The zero-order valence-electron chi connectivity index (χ0n) is 13.2. The van der Waals surface area contributed by atoms with Crippen molar-refractivity contribution in [3.8, 4) is 0 Å². The zero-order chi connectivity index (χ0) is 16.4. The summed E-state index contributed by atoms with van der Waals surface area (Å²) in [6.07, 6.45) is 1.60. The highest BCUT2D eigenvalue weighted by atomic mass is 16.4. The summed E-state index contributed by atoms with van der Waals surface area (Å²) in [5.74, 6) is -1.96. The Labute approximate surface area is 125 Å². The van der Waals surface area contributed by atoms with Gasteiger partial charge >= 0.3 is 0 Å². The molecule has 2 heterocycles. The molecule has 0 aromatic rings. The van der Waals surface area contributed by atoms with Crippen LogP contribution in [0.1, 0.15) is 19.3 Å². The van der Waals surface area contributed by atoms with Crippen molar-refractivity contribution in [2.75, 3.05) is 41.3 Å². The van der Waals surface area contributed by atoms with Crippen LogP contribution in [-0.4, -0.2) is 85.5 Å². The molecule has 0 aromatic carbocycles. The van der Waals surface area contributed by atoms with Crippen molar-refractivity contribution >= 4 is 11.9 Å². The van der Waals surface area contributed by atoms with Gasteiger partial charge in [0.25, 0.3) is 0 Å². The maximum absolute atomic E-state index is 10.5. The molecule has 122 valence electrons. The number of hydrogen-bond acceptors (Lipinski definition) is 5. The predicted molar refractivity (Wildman–Crippen MR) is 71.4 cm³/mol. The summed E-state index contributed by atoms with van der Waals surface area (Å²) in [4.78, 5) is 21.0. The van der Waals surface area contributed by atoms with Crippen LogP contribution >= 0.6 is 0 Å². The number of carboxylic acids is 2. The van der Waals surface area contributed by atoms with E-state index in [1.54, 1.807) is 14.1 Å². The Morgan fingerprint density at radius 2 is 1.52 bits per heavy atom. The van der Waals surface area contributed by atoms with Gasteiger partial charge in [-0.2, -0.15) is 0 Å². The number of carboxylic acid groups (broad SMARTS) is 2. The van der Waals surface area contributed by atoms with E-state index in [-0.39, 0.29) is 6.04 Å². The molecule has 21 heavy (non-hydrogen) atoms. The quantitative estimate of drug-likeness (QED) is 0.545. The Hall–Kier alpha value is -1.18. The summed E-state index contributed by atoms with van der Waals surface area (Å²) in [6.45, 7) is 1.46. The van der Waals surface area contributed by atoms with Crippen molar-refractivity contribution in [1.29, 1.82) is 0 Å². The first-order valence-corrected chi connectivity index (χ1v) is 7.22. The van der Waals surface area contributed by atoms with Gasteiger partial charge in [-0.05, 0) is 0 Å². The number of likely N-dealkylation sites (tertiary alicyclic amines) is 2. The van der Waals surface area contributed by atoms with E-state index in [9.17, 15) is 24.9 Å². The number of hydrogen-bond donors (Lipinski definition) is 1. The number of quaternary nitrogens is 2. The molecule has 2 rings (SSSR count). The number of aliphatic carboxylic acids is 2. The molecule has 0 saturated carbocycles. The third-order valence-corrected chi connectivity index (χ3v) is 4.62. The molecule has 0 radical (unpaired) electrons. The first-order valence-electron chi connectivity index (χ1n) is 7.22. The summed E-state index contributed by atoms with van der Waals surface area (Å²) in [6, 6.07) is -0.829. The van der Waals surface area contributed by atoms with Crippen LogP contribution in [0.2, 0.25) is 0 Å². The normalized spacial score (nSPS) is 33.1. The van der Waals surface area contributed by atoms with Gasteiger partial charge in [-0.3, -0.25) is 0 Å². The van der Waals surface area contributed by atoms with Crippen molar-refractivity contribution in [2.24, 2.45) is 0 Å². The zero-order valence-corrected chi connectivity index (χ0v) is 13.2. The van der Waals surface area contributed by atoms with E-state index in [2.05, 4.69) is 0 Å². The minimum absolute atomic E-state index is 0.278. The lowest BCUT2D eigenvalue weighted by Crippen LogP contribution is -2.53. The van der Waals surface area contributed by atoms with Crippen LogP contribution in [-0.2, 0) is 9.59 Å². The highest BCUT2D eigenvalue weighted by molar-refractivity contribution is 5.70. The van der Waals surface area contributed by atoms with Gasteiger partial charge in [0.1, 0.15) is 24.7 Å². The molecule has 3 atom stereocenters. The molecule has 2 aliphatic heterocycles. The van der Waals surface area contributed by atoms with Crippen molar-refractivity contribution in [2.45, 2.75) is 37.5 Å². The van der Waals surface area contributed by atoms with E-state index in [1.165, 1.54) is 0 Å². The average Bonchev–Trinajstić information content (AvgIpc) is 2.77. The van der Waals surface area contributed by atoms with Crippen LogP contribution in [0.25, 0.3) is 0 Å². The van der Waals surface area contributed by atoms with Gasteiger partial charge in [0.2, 0.25) is 0 Å². The summed E-state index contributed by atoms with van der Waals surface area (Å²) in [5.41, 5.74) is 0. The Morgan fingerprint density at radius 1 is 1.00 bits per heavy atom. The number of carbonyl (C=O) groups excluding carboxylic acids is 2. The lowest BCUT2D eigenvalue weighted by Gasteiger charge is -2.31. The van der Waals surface area contributed by atoms with Crippen LogP contribution in [0.15, 0.2) is 0 Å². The molecule has 2 fully saturated rings. The second-order valence-corrected chi connectivity index (χ2v) is 7.16. The molecule has 2 saturated heterocycles. The molecule has 0 aromatic heterocycles. The van der Waals surface area contributed by atoms with Crippen molar-refractivity contribution in [1.82, 2.24) is 0 Å². The highest BCUT2D eigenvalue weighted by Gasteiger charge is 2.40. The van der Waals surface area contributed by atoms with E-state index in [4.69, 9.17) is 0 Å². The van der Waals surface area contributed by atoms with Crippen LogP contribution in [0, 0.1) is 0 Å². The van der Waals surface area contributed by atoms with Gasteiger partial charge in [-0.25, -0.2) is 0 Å². The number of aliphatic hydroxyl groups is 1. The van der Waals surface area contributed by atoms with Gasteiger partial charge in [0.05, 0.1) is 46.7 Å². The second-order valence-electron chi connectivity index (χ2n) is 7.16. The van der Waals surface area contributed by atoms with Crippen LogP contribution < -0.4 is 10.2 Å². The SMILES string of the molecule is C[N+]1(C)CCC[C@H]1C(=O)[O-].C[N+]1(C)C[C@H](O)C[C@H]1C(=O)[O-]. The molecule has 0 aliphatic carbocycles. The first-order chi connectivity index (χ1) is 9.47. The van der Waals surface area contributed by atoms with E-state index < -0.39 is 24.1 Å². The monoisotopic (exact) mass is 302 g/mol. The second kappa shape index (κ2) is 6.29. The fourth-order valence-electron chi connectivity index (χ4n) is 3.27. The van der Waals surface area contributed by atoms with Gasteiger partial charge in [0.15, 0.2) is 0 Å². The molecule has 0 spiro atoms. The summed E-state index contributed by atoms with van der Waals surface area (Å²) in [5, 5.41) is 30.2. The molecule has 7 nitrogen and oxygen atoms in total. The van der Waals surface area contributed by atoms with E-state index >= 15 is 0 Å². The predicted octanol–water partition coefficient (Wildman–Crippen LogP) is -3.08. The van der Waals surface area contributed by atoms with Crippen LogP contribution in [0.4, 0.5) is 0 Å². The molecule has 0 amide bonds. The number of rotatable bonds is 2. The topological polar surface area (TPSA) is 100 Å². The molecule has 7 heteroatoms. The Morgan fingerprint density at radius 3 is 1.71 bits per heavy atom. The molecule has 0 unspecified atom stereocenters.